The van der Waals surface area contributed by atoms with Gasteiger partial charge in [0, 0.05) is 37.6 Å². The molecule has 5 heteroatoms. The zero-order chi connectivity index (χ0) is 20.4. The van der Waals surface area contributed by atoms with Crippen molar-refractivity contribution in [2.45, 2.75) is 26.7 Å². The van der Waals surface area contributed by atoms with Crippen LogP contribution in [0, 0.1) is 25.7 Å². The van der Waals surface area contributed by atoms with Gasteiger partial charge in [0.25, 0.3) is 0 Å². The number of anilines is 2. The van der Waals surface area contributed by atoms with Crippen molar-refractivity contribution >= 4 is 23.2 Å². The molecule has 152 valence electrons. The molecule has 1 N–H and O–H groups in total. The summed E-state index contributed by atoms with van der Waals surface area (Å²) in [5, 5.41) is 3.05. The summed E-state index contributed by atoms with van der Waals surface area (Å²) in [6.07, 6.45) is 1.64. The predicted octanol–water partition coefficient (Wildman–Crippen LogP) is 3.30. The van der Waals surface area contributed by atoms with Gasteiger partial charge in [0.15, 0.2) is 0 Å². The van der Waals surface area contributed by atoms with Crippen molar-refractivity contribution in [1.82, 2.24) is 5.32 Å². The van der Waals surface area contributed by atoms with Gasteiger partial charge in [-0.3, -0.25) is 9.59 Å². The number of hydrogen-bond donors (Lipinski definition) is 1. The van der Waals surface area contributed by atoms with E-state index in [-0.39, 0.29) is 11.8 Å². The fourth-order valence-corrected chi connectivity index (χ4v) is 4.31. The predicted molar refractivity (Wildman–Crippen MR) is 116 cm³/mol. The third-order valence-electron chi connectivity index (χ3n) is 6.30. The zero-order valence-electron chi connectivity index (χ0n) is 17.2. The molecule has 0 unspecified atom stereocenters. The Bertz CT molecular complexity index is 896. The lowest BCUT2D eigenvalue weighted by Crippen LogP contribution is -2.39. The molecule has 2 aromatic carbocycles. The van der Waals surface area contributed by atoms with Crippen molar-refractivity contribution in [3.63, 3.8) is 0 Å². The van der Waals surface area contributed by atoms with Gasteiger partial charge in [0.05, 0.1) is 0 Å². The molecule has 4 rings (SSSR count). The van der Waals surface area contributed by atoms with Crippen LogP contribution in [-0.4, -0.2) is 38.0 Å². The molecule has 2 aliphatic heterocycles. The number of rotatable bonds is 5. The van der Waals surface area contributed by atoms with E-state index in [0.717, 1.165) is 30.8 Å². The van der Waals surface area contributed by atoms with Crippen LogP contribution < -0.4 is 15.1 Å². The monoisotopic (exact) mass is 391 g/mol. The van der Waals surface area contributed by atoms with Crippen LogP contribution in [0.5, 0.6) is 0 Å². The molecule has 2 atom stereocenters. The van der Waals surface area contributed by atoms with Crippen LogP contribution in [-0.2, 0) is 9.59 Å². The average molecular weight is 392 g/mol. The van der Waals surface area contributed by atoms with Gasteiger partial charge in [0.2, 0.25) is 11.8 Å². The first-order valence-electron chi connectivity index (χ1n) is 10.5. The maximum atomic E-state index is 12.8. The standard InChI is InChI=1S/C24H29N3O2/c1-17-8-9-21(14-18(17)2)27-13-11-22(24(27)29)23(28)25-15-19-10-12-26(16-19)20-6-4-3-5-7-20/h3-9,14,19,22H,10-13,15-16H2,1-2H3,(H,25,28)/t19-,22+/m0/s1. The van der Waals surface area contributed by atoms with Crippen LogP contribution in [0.15, 0.2) is 48.5 Å². The minimum atomic E-state index is -0.566. The van der Waals surface area contributed by atoms with Gasteiger partial charge >= 0.3 is 0 Å². The van der Waals surface area contributed by atoms with Crippen LogP contribution in [0.3, 0.4) is 0 Å². The molecular formula is C24H29N3O2. The van der Waals surface area contributed by atoms with Crippen LogP contribution in [0.1, 0.15) is 24.0 Å². The maximum Gasteiger partial charge on any atom is 0.239 e. The van der Waals surface area contributed by atoms with Gasteiger partial charge < -0.3 is 15.1 Å². The van der Waals surface area contributed by atoms with Crippen LogP contribution >= 0.6 is 0 Å². The number of hydrogen-bond acceptors (Lipinski definition) is 3. The molecule has 0 bridgehead atoms. The minimum absolute atomic E-state index is 0.0805. The maximum absolute atomic E-state index is 12.8. The molecule has 0 aliphatic carbocycles. The summed E-state index contributed by atoms with van der Waals surface area (Å²) in [6, 6.07) is 16.4. The largest absolute Gasteiger partial charge is 0.371 e. The van der Waals surface area contributed by atoms with Gasteiger partial charge in [-0.05, 0) is 68.0 Å². The lowest BCUT2D eigenvalue weighted by atomic mass is 10.1. The number of carbonyl (C=O) groups is 2. The number of carbonyl (C=O) groups excluding carboxylic acids is 2. The highest BCUT2D eigenvalue weighted by Gasteiger charge is 2.38. The van der Waals surface area contributed by atoms with Crippen molar-refractivity contribution in [3.05, 3.63) is 59.7 Å². The van der Waals surface area contributed by atoms with E-state index < -0.39 is 5.92 Å². The van der Waals surface area contributed by atoms with Crippen molar-refractivity contribution in [3.8, 4) is 0 Å². The Morgan fingerprint density at radius 3 is 2.55 bits per heavy atom. The van der Waals surface area contributed by atoms with Crippen molar-refractivity contribution in [1.29, 1.82) is 0 Å². The Morgan fingerprint density at radius 2 is 1.79 bits per heavy atom. The molecule has 0 spiro atoms. The van der Waals surface area contributed by atoms with E-state index in [0.29, 0.717) is 25.4 Å². The minimum Gasteiger partial charge on any atom is -0.371 e. The van der Waals surface area contributed by atoms with Gasteiger partial charge in [-0.25, -0.2) is 0 Å². The molecule has 2 aliphatic rings. The van der Waals surface area contributed by atoms with Gasteiger partial charge in [-0.1, -0.05) is 24.3 Å². The topological polar surface area (TPSA) is 52.7 Å². The Kier molecular flexibility index (Phi) is 5.56. The van der Waals surface area contributed by atoms with E-state index in [1.807, 2.05) is 31.2 Å². The zero-order valence-corrected chi connectivity index (χ0v) is 17.2. The highest BCUT2D eigenvalue weighted by Crippen LogP contribution is 2.27. The normalized spacial score (nSPS) is 21.7. The molecule has 0 radical (unpaired) electrons. The van der Waals surface area contributed by atoms with E-state index in [9.17, 15) is 9.59 Å². The summed E-state index contributed by atoms with van der Waals surface area (Å²) in [6.45, 7) is 7.29. The number of amides is 2. The Labute approximate surface area is 172 Å². The quantitative estimate of drug-likeness (QED) is 0.796. The molecule has 0 aromatic heterocycles. The summed E-state index contributed by atoms with van der Waals surface area (Å²) >= 11 is 0. The molecular weight excluding hydrogens is 362 g/mol. The third-order valence-corrected chi connectivity index (χ3v) is 6.30. The van der Waals surface area contributed by atoms with Gasteiger partial charge in [-0.15, -0.1) is 0 Å². The van der Waals surface area contributed by atoms with E-state index >= 15 is 0 Å². The Morgan fingerprint density at radius 1 is 1.00 bits per heavy atom. The second-order valence-electron chi connectivity index (χ2n) is 8.28. The Hall–Kier alpha value is -2.82. The van der Waals surface area contributed by atoms with E-state index in [1.165, 1.54) is 11.3 Å². The highest BCUT2D eigenvalue weighted by molar-refractivity contribution is 6.09. The van der Waals surface area contributed by atoms with Crippen molar-refractivity contribution in [2.75, 3.05) is 36.0 Å². The first-order chi connectivity index (χ1) is 14.0. The summed E-state index contributed by atoms with van der Waals surface area (Å²) in [5.41, 5.74) is 4.49. The summed E-state index contributed by atoms with van der Waals surface area (Å²) in [7, 11) is 0. The lowest BCUT2D eigenvalue weighted by Gasteiger charge is -2.19. The fraction of sp³-hybridized carbons (Fsp3) is 0.417. The molecule has 0 saturated carbocycles. The smallest absolute Gasteiger partial charge is 0.239 e. The van der Waals surface area contributed by atoms with Gasteiger partial charge in [-0.2, -0.15) is 0 Å². The van der Waals surface area contributed by atoms with Gasteiger partial charge in [0.1, 0.15) is 5.92 Å². The second kappa shape index (κ2) is 8.27. The first-order valence-corrected chi connectivity index (χ1v) is 10.5. The highest BCUT2D eigenvalue weighted by atomic mass is 16.2. The number of benzene rings is 2. The molecule has 5 nitrogen and oxygen atoms in total. The SMILES string of the molecule is Cc1ccc(N2CC[C@H](C(=O)NC[C@@H]3CCN(c4ccccc4)C3)C2=O)cc1C. The molecule has 2 saturated heterocycles. The van der Waals surface area contributed by atoms with Crippen LogP contribution in [0.25, 0.3) is 0 Å². The molecule has 2 amide bonds. The fourth-order valence-electron chi connectivity index (χ4n) is 4.31. The number of para-hydroxylation sites is 1. The number of aryl methyl sites for hydroxylation is 2. The van der Waals surface area contributed by atoms with E-state index in [2.05, 4.69) is 41.4 Å². The Balaban J connectivity index is 1.30. The lowest BCUT2D eigenvalue weighted by molar-refractivity contribution is -0.132. The van der Waals surface area contributed by atoms with Crippen molar-refractivity contribution in [2.24, 2.45) is 11.8 Å². The molecule has 2 fully saturated rings. The third kappa shape index (κ3) is 4.14. The molecule has 2 heterocycles. The van der Waals surface area contributed by atoms with Crippen molar-refractivity contribution < 1.29 is 9.59 Å². The molecule has 2 aromatic rings. The molecule has 29 heavy (non-hydrogen) atoms. The van der Waals surface area contributed by atoms with Crippen LogP contribution in [0.2, 0.25) is 0 Å². The average Bonchev–Trinajstić information content (AvgIpc) is 3.36. The second-order valence-corrected chi connectivity index (χ2v) is 8.28. The van der Waals surface area contributed by atoms with E-state index in [1.54, 1.807) is 4.90 Å². The number of nitrogens with one attached hydrogen (secondary N) is 1. The summed E-state index contributed by atoms with van der Waals surface area (Å²) in [5.74, 6) is -0.350. The van der Waals surface area contributed by atoms with Crippen LogP contribution in [0.4, 0.5) is 11.4 Å². The number of nitrogens with zero attached hydrogens (tertiary/aromatic N) is 2. The summed E-state index contributed by atoms with van der Waals surface area (Å²) in [4.78, 5) is 29.6. The first kappa shape index (κ1) is 19.5. The van der Waals surface area contributed by atoms with E-state index in [4.69, 9.17) is 0 Å². The summed E-state index contributed by atoms with van der Waals surface area (Å²) < 4.78 is 0.